The largest absolute Gasteiger partial charge is 0.359 e. The summed E-state index contributed by atoms with van der Waals surface area (Å²) in [5, 5.41) is 4.60. The lowest BCUT2D eigenvalue weighted by Crippen LogP contribution is -2.49. The molecular weight excluding hydrogens is 550 g/mol. The molecule has 0 saturated carbocycles. The van der Waals surface area contributed by atoms with Crippen LogP contribution in [0.1, 0.15) is 87.7 Å². The van der Waals surface area contributed by atoms with Crippen molar-refractivity contribution in [3.05, 3.63) is 76.6 Å². The van der Waals surface area contributed by atoms with Crippen molar-refractivity contribution in [3.8, 4) is 0 Å². The number of aromatic nitrogens is 4. The zero-order valence-electron chi connectivity index (χ0n) is 26.2. The predicted octanol–water partition coefficient (Wildman–Crippen LogP) is 5.18. The number of piperidine rings is 1. The van der Waals surface area contributed by atoms with Crippen LogP contribution in [0.3, 0.4) is 0 Å². The van der Waals surface area contributed by atoms with E-state index in [1.54, 1.807) is 11.0 Å². The number of likely N-dealkylation sites (tertiary alicyclic amines) is 2. The van der Waals surface area contributed by atoms with Gasteiger partial charge in [-0.2, -0.15) is 5.10 Å². The first-order chi connectivity index (χ1) is 20.2. The van der Waals surface area contributed by atoms with Gasteiger partial charge in [-0.05, 0) is 77.6 Å². The average Bonchev–Trinajstić information content (AvgIpc) is 3.66. The molecule has 2 unspecified atom stereocenters. The van der Waals surface area contributed by atoms with Crippen LogP contribution in [0.5, 0.6) is 0 Å². The van der Waals surface area contributed by atoms with Crippen LogP contribution < -0.4 is 0 Å². The molecule has 1 amide bonds. The van der Waals surface area contributed by atoms with E-state index in [1.807, 2.05) is 25.1 Å². The Labute approximate surface area is 252 Å². The second kappa shape index (κ2) is 10.4. The smallest absolute Gasteiger partial charge is 0.227 e. The highest BCUT2D eigenvalue weighted by molar-refractivity contribution is 5.81. The fraction of sp³-hybridized carbons (Fsp3) is 0.576. The topological polar surface area (TPSA) is 76.4 Å². The molecule has 0 radical (unpaired) electrons. The van der Waals surface area contributed by atoms with Crippen molar-refractivity contribution in [1.29, 1.82) is 0 Å². The van der Waals surface area contributed by atoms with E-state index in [2.05, 4.69) is 55.7 Å². The highest BCUT2D eigenvalue weighted by Crippen LogP contribution is 2.54. The SMILES string of the molecule is Cc1cnc2c(c1)C(C(C)(C)c1ncn(C)n1)OC21CCN(C(=O)C2CN(C(C)(C)C)C[C@H]2c2ccc(F)cc2F)CC1. The number of hydrogen-bond donors (Lipinski definition) is 0. The van der Waals surface area contributed by atoms with E-state index in [-0.39, 0.29) is 23.5 Å². The Kier molecular flexibility index (Phi) is 7.24. The molecule has 5 heterocycles. The minimum absolute atomic E-state index is 0.0139. The van der Waals surface area contributed by atoms with Gasteiger partial charge in [-0.3, -0.25) is 19.4 Å². The van der Waals surface area contributed by atoms with Crippen molar-refractivity contribution in [3.63, 3.8) is 0 Å². The summed E-state index contributed by atoms with van der Waals surface area (Å²) in [6, 6.07) is 5.86. The third-order valence-electron chi connectivity index (χ3n) is 9.77. The van der Waals surface area contributed by atoms with Gasteiger partial charge in [0.25, 0.3) is 0 Å². The molecule has 10 heteroatoms. The number of nitrogens with zero attached hydrogens (tertiary/aromatic N) is 6. The number of benzene rings is 1. The average molecular weight is 593 g/mol. The zero-order valence-corrected chi connectivity index (χ0v) is 26.2. The number of carbonyl (C=O) groups excluding carboxylic acids is 1. The molecule has 3 aromatic rings. The molecule has 6 rings (SSSR count). The van der Waals surface area contributed by atoms with Gasteiger partial charge in [-0.25, -0.2) is 13.8 Å². The van der Waals surface area contributed by atoms with E-state index in [0.717, 1.165) is 22.9 Å². The third-order valence-corrected chi connectivity index (χ3v) is 9.77. The molecule has 230 valence electrons. The number of hydrogen-bond acceptors (Lipinski definition) is 6. The number of amides is 1. The minimum atomic E-state index is -0.619. The first kappa shape index (κ1) is 29.8. The molecule has 2 aromatic heterocycles. The number of ether oxygens (including phenoxy) is 1. The van der Waals surface area contributed by atoms with Crippen molar-refractivity contribution in [1.82, 2.24) is 29.5 Å². The van der Waals surface area contributed by atoms with E-state index in [9.17, 15) is 9.18 Å². The third kappa shape index (κ3) is 5.16. The van der Waals surface area contributed by atoms with Crippen molar-refractivity contribution in [2.75, 3.05) is 26.2 Å². The Morgan fingerprint density at radius 2 is 1.74 bits per heavy atom. The van der Waals surface area contributed by atoms with E-state index in [1.165, 1.54) is 12.1 Å². The summed E-state index contributed by atoms with van der Waals surface area (Å²) < 4.78 is 37.5. The van der Waals surface area contributed by atoms with Crippen molar-refractivity contribution >= 4 is 5.91 Å². The van der Waals surface area contributed by atoms with Crippen LogP contribution in [0, 0.1) is 24.5 Å². The first-order valence-corrected chi connectivity index (χ1v) is 15.2. The predicted molar refractivity (Wildman–Crippen MR) is 158 cm³/mol. The summed E-state index contributed by atoms with van der Waals surface area (Å²) in [6.45, 7) is 14.6. The van der Waals surface area contributed by atoms with Gasteiger partial charge in [0.1, 0.15) is 23.6 Å². The molecule has 8 nitrogen and oxygen atoms in total. The normalized spacial score (nSPS) is 24.1. The van der Waals surface area contributed by atoms with Crippen LogP contribution in [0.4, 0.5) is 8.78 Å². The molecule has 0 bridgehead atoms. The Morgan fingerprint density at radius 1 is 1.02 bits per heavy atom. The highest BCUT2D eigenvalue weighted by Gasteiger charge is 2.54. The van der Waals surface area contributed by atoms with Crippen LogP contribution in [-0.4, -0.2) is 67.2 Å². The van der Waals surface area contributed by atoms with Gasteiger partial charge in [0.2, 0.25) is 5.91 Å². The van der Waals surface area contributed by atoms with Gasteiger partial charge >= 0.3 is 0 Å². The summed E-state index contributed by atoms with van der Waals surface area (Å²) in [5.74, 6) is -1.26. The summed E-state index contributed by atoms with van der Waals surface area (Å²) in [4.78, 5) is 27.8. The van der Waals surface area contributed by atoms with E-state index >= 15 is 4.39 Å². The second-order valence-electron chi connectivity index (χ2n) is 14.2. The van der Waals surface area contributed by atoms with Crippen LogP contribution >= 0.6 is 0 Å². The van der Waals surface area contributed by atoms with Gasteiger partial charge in [-0.15, -0.1) is 0 Å². The molecule has 0 aliphatic carbocycles. The maximum atomic E-state index is 15.0. The van der Waals surface area contributed by atoms with Gasteiger partial charge in [0.05, 0.1) is 23.1 Å². The Morgan fingerprint density at radius 3 is 2.37 bits per heavy atom. The van der Waals surface area contributed by atoms with Crippen molar-refractivity contribution < 1.29 is 18.3 Å². The quantitative estimate of drug-likeness (QED) is 0.416. The fourth-order valence-corrected chi connectivity index (χ4v) is 7.20. The monoisotopic (exact) mass is 592 g/mol. The lowest BCUT2D eigenvalue weighted by Gasteiger charge is -2.41. The summed E-state index contributed by atoms with van der Waals surface area (Å²) in [5.41, 5.74) is 2.14. The molecule has 3 aliphatic rings. The van der Waals surface area contributed by atoms with Gasteiger partial charge in [0, 0.05) is 62.5 Å². The number of aryl methyl sites for hydroxylation is 2. The first-order valence-electron chi connectivity index (χ1n) is 15.2. The number of carbonyl (C=O) groups is 1. The van der Waals surface area contributed by atoms with E-state index < -0.39 is 28.6 Å². The molecule has 43 heavy (non-hydrogen) atoms. The minimum Gasteiger partial charge on any atom is -0.359 e. The maximum absolute atomic E-state index is 15.0. The summed E-state index contributed by atoms with van der Waals surface area (Å²) in [6.07, 6.45) is 4.51. The molecule has 1 spiro atoms. The Bertz CT molecular complexity index is 1540. The standard InChI is InChI=1S/C33H42F2N6O2/c1-20-14-23-27(36-16-20)33(43-28(23)32(5,6)30-37-19-39(7)38-30)10-12-40(13-11-33)29(42)25-18-41(31(2,3)4)17-24(25)22-9-8-21(34)15-26(22)35/h8-9,14-16,19,24-25,28H,10-13,17-18H2,1-7H3/t24-,25?,28?/m0/s1. The van der Waals surface area contributed by atoms with Crippen LogP contribution in [0.25, 0.3) is 0 Å². The van der Waals surface area contributed by atoms with Gasteiger partial charge in [0.15, 0.2) is 5.82 Å². The van der Waals surface area contributed by atoms with Gasteiger partial charge in [-0.1, -0.05) is 6.07 Å². The second-order valence-corrected chi connectivity index (χ2v) is 14.2. The van der Waals surface area contributed by atoms with E-state index in [0.29, 0.717) is 50.4 Å². The molecule has 3 aliphatic heterocycles. The van der Waals surface area contributed by atoms with Crippen molar-refractivity contribution in [2.45, 2.75) is 83.0 Å². The molecule has 1 aromatic carbocycles. The molecule has 0 N–H and O–H groups in total. The van der Waals surface area contributed by atoms with Crippen molar-refractivity contribution in [2.24, 2.45) is 13.0 Å². The Balaban J connectivity index is 1.25. The molecule has 2 fully saturated rings. The molecular formula is C33H42F2N6O2. The summed E-state index contributed by atoms with van der Waals surface area (Å²) in [7, 11) is 1.86. The Hall–Kier alpha value is -3.24. The molecule has 3 atom stereocenters. The zero-order chi connectivity index (χ0) is 30.9. The number of halogens is 2. The van der Waals surface area contributed by atoms with Crippen LogP contribution in [0.15, 0.2) is 36.8 Å². The summed E-state index contributed by atoms with van der Waals surface area (Å²) >= 11 is 0. The number of rotatable bonds is 4. The van der Waals surface area contributed by atoms with Crippen LogP contribution in [0.2, 0.25) is 0 Å². The van der Waals surface area contributed by atoms with E-state index in [4.69, 9.17) is 9.72 Å². The maximum Gasteiger partial charge on any atom is 0.227 e. The van der Waals surface area contributed by atoms with Gasteiger partial charge < -0.3 is 9.64 Å². The number of fused-ring (bicyclic) bond motifs is 2. The molecule has 2 saturated heterocycles. The number of pyridine rings is 1. The lowest BCUT2D eigenvalue weighted by molar-refractivity contribution is -0.151. The van der Waals surface area contributed by atoms with Crippen LogP contribution in [-0.2, 0) is 27.6 Å². The lowest BCUT2D eigenvalue weighted by atomic mass is 9.80. The fourth-order valence-electron chi connectivity index (χ4n) is 7.20. The highest BCUT2D eigenvalue weighted by atomic mass is 19.1.